The van der Waals surface area contributed by atoms with Crippen molar-refractivity contribution >= 4 is 46.8 Å². The monoisotopic (exact) mass is 319 g/mol. The number of carbonyl (C=O) groups excluding carboxylic acids is 1. The molecule has 7 heteroatoms. The van der Waals surface area contributed by atoms with Crippen molar-refractivity contribution in [3.05, 3.63) is 33.8 Å². The third-order valence-electron chi connectivity index (χ3n) is 2.84. The second-order valence-electron chi connectivity index (χ2n) is 4.06. The number of carbonyl (C=O) groups is 2. The lowest BCUT2D eigenvalue weighted by molar-refractivity contribution is -0.141. The van der Waals surface area contributed by atoms with Gasteiger partial charge in [-0.1, -0.05) is 23.2 Å². The summed E-state index contributed by atoms with van der Waals surface area (Å²) >= 11 is 13.2. The summed E-state index contributed by atoms with van der Waals surface area (Å²) < 4.78 is 0. The maximum atomic E-state index is 12.3. The molecule has 19 heavy (non-hydrogen) atoms. The Labute approximate surface area is 124 Å². The van der Waals surface area contributed by atoms with Gasteiger partial charge in [0.1, 0.15) is 6.04 Å². The fourth-order valence-electron chi connectivity index (χ4n) is 1.85. The van der Waals surface area contributed by atoms with Gasteiger partial charge in [0.25, 0.3) is 5.91 Å². The summed E-state index contributed by atoms with van der Waals surface area (Å²) in [4.78, 5) is 24.9. The lowest BCUT2D eigenvalue weighted by Gasteiger charge is -2.32. The molecule has 1 heterocycles. The summed E-state index contributed by atoms with van der Waals surface area (Å²) in [6.07, 6.45) is 0. The maximum Gasteiger partial charge on any atom is 0.327 e. The van der Waals surface area contributed by atoms with Crippen molar-refractivity contribution in [3.8, 4) is 0 Å². The van der Waals surface area contributed by atoms with Gasteiger partial charge in [0.2, 0.25) is 0 Å². The Balaban J connectivity index is 2.26. The lowest BCUT2D eigenvalue weighted by Crippen LogP contribution is -2.50. The van der Waals surface area contributed by atoms with Crippen LogP contribution in [0.2, 0.25) is 10.0 Å². The quantitative estimate of drug-likeness (QED) is 0.910. The Kier molecular flexibility index (Phi) is 4.60. The molecule has 1 fully saturated rings. The van der Waals surface area contributed by atoms with Gasteiger partial charge in [0.15, 0.2) is 0 Å². The summed E-state index contributed by atoms with van der Waals surface area (Å²) in [7, 11) is 0. The third kappa shape index (κ3) is 3.16. The van der Waals surface area contributed by atoms with Crippen LogP contribution in [0.15, 0.2) is 18.2 Å². The van der Waals surface area contributed by atoms with Crippen molar-refractivity contribution in [2.45, 2.75) is 6.04 Å². The smallest absolute Gasteiger partial charge is 0.327 e. The molecule has 0 radical (unpaired) electrons. The molecule has 1 unspecified atom stereocenters. The normalized spacial score (nSPS) is 19.3. The number of benzene rings is 1. The van der Waals surface area contributed by atoms with Crippen molar-refractivity contribution in [2.75, 3.05) is 18.1 Å². The van der Waals surface area contributed by atoms with Gasteiger partial charge in [0, 0.05) is 23.6 Å². The summed E-state index contributed by atoms with van der Waals surface area (Å²) in [5.74, 6) is -0.175. The van der Waals surface area contributed by atoms with E-state index < -0.39 is 12.0 Å². The number of carboxylic acids is 1. The van der Waals surface area contributed by atoms with Gasteiger partial charge in [-0.3, -0.25) is 4.79 Å². The van der Waals surface area contributed by atoms with Crippen LogP contribution in [0.4, 0.5) is 0 Å². The fraction of sp³-hybridized carbons (Fsp3) is 0.333. The molecule has 4 nitrogen and oxygen atoms in total. The van der Waals surface area contributed by atoms with Crippen molar-refractivity contribution in [2.24, 2.45) is 0 Å². The van der Waals surface area contributed by atoms with E-state index in [9.17, 15) is 9.59 Å². The largest absolute Gasteiger partial charge is 0.480 e. The van der Waals surface area contributed by atoms with Crippen LogP contribution in [0.1, 0.15) is 10.4 Å². The topological polar surface area (TPSA) is 57.6 Å². The molecule has 0 saturated carbocycles. The van der Waals surface area contributed by atoms with Gasteiger partial charge in [-0.2, -0.15) is 11.8 Å². The number of aliphatic carboxylic acids is 1. The lowest BCUT2D eigenvalue weighted by atomic mass is 10.1. The highest BCUT2D eigenvalue weighted by atomic mass is 35.5. The van der Waals surface area contributed by atoms with Crippen LogP contribution >= 0.6 is 35.0 Å². The molecule has 1 saturated heterocycles. The highest BCUT2D eigenvalue weighted by Gasteiger charge is 2.32. The van der Waals surface area contributed by atoms with E-state index in [1.54, 1.807) is 6.07 Å². The minimum atomic E-state index is -0.986. The number of thioether (sulfide) groups is 1. The van der Waals surface area contributed by atoms with E-state index in [0.29, 0.717) is 22.9 Å². The van der Waals surface area contributed by atoms with E-state index in [4.69, 9.17) is 28.3 Å². The van der Waals surface area contributed by atoms with Crippen LogP contribution in [0, 0.1) is 0 Å². The van der Waals surface area contributed by atoms with E-state index in [1.165, 1.54) is 28.8 Å². The predicted molar refractivity (Wildman–Crippen MR) is 76.2 cm³/mol. The highest BCUT2D eigenvalue weighted by Crippen LogP contribution is 2.25. The zero-order valence-corrected chi connectivity index (χ0v) is 12.1. The second kappa shape index (κ2) is 6.03. The van der Waals surface area contributed by atoms with E-state index in [0.717, 1.165) is 5.75 Å². The number of hydrogen-bond acceptors (Lipinski definition) is 3. The first-order valence-electron chi connectivity index (χ1n) is 5.57. The van der Waals surface area contributed by atoms with Gasteiger partial charge in [-0.15, -0.1) is 0 Å². The number of rotatable bonds is 2. The van der Waals surface area contributed by atoms with E-state index in [1.807, 2.05) is 0 Å². The molecule has 1 aliphatic heterocycles. The molecule has 1 N–H and O–H groups in total. The first kappa shape index (κ1) is 14.5. The van der Waals surface area contributed by atoms with Crippen LogP contribution in [0.25, 0.3) is 0 Å². The number of hydrogen-bond donors (Lipinski definition) is 1. The van der Waals surface area contributed by atoms with Gasteiger partial charge >= 0.3 is 5.97 Å². The van der Waals surface area contributed by atoms with Crippen LogP contribution in [-0.2, 0) is 4.79 Å². The molecule has 1 aromatic rings. The molecule has 102 valence electrons. The average Bonchev–Trinajstić information content (AvgIpc) is 2.41. The molecule has 1 aliphatic rings. The molecule has 0 aromatic heterocycles. The zero-order chi connectivity index (χ0) is 14.0. The van der Waals surface area contributed by atoms with Crippen molar-refractivity contribution in [3.63, 3.8) is 0 Å². The zero-order valence-electron chi connectivity index (χ0n) is 9.81. The van der Waals surface area contributed by atoms with Gasteiger partial charge in [-0.25, -0.2) is 4.79 Å². The molecule has 2 rings (SSSR count). The number of nitrogens with zero attached hydrogens (tertiary/aromatic N) is 1. The molecule has 1 atom stereocenters. The molecule has 0 aliphatic carbocycles. The summed E-state index contributed by atoms with van der Waals surface area (Å²) in [5, 5.41) is 9.80. The number of halogens is 2. The number of carboxylic acid groups (broad SMARTS) is 1. The van der Waals surface area contributed by atoms with Crippen LogP contribution in [0.3, 0.4) is 0 Å². The van der Waals surface area contributed by atoms with E-state index in [-0.39, 0.29) is 10.9 Å². The minimum absolute atomic E-state index is 0.283. The second-order valence-corrected chi connectivity index (χ2v) is 6.02. The molecule has 1 amide bonds. The molecular weight excluding hydrogens is 309 g/mol. The fourth-order valence-corrected chi connectivity index (χ4v) is 3.18. The molecule has 1 aromatic carbocycles. The van der Waals surface area contributed by atoms with Gasteiger partial charge < -0.3 is 10.0 Å². The SMILES string of the molecule is O=C(O)C1CSCCN1C(=O)c1ccc(Cl)c(Cl)c1. The Bertz CT molecular complexity index is 524. The van der Waals surface area contributed by atoms with Crippen molar-refractivity contribution in [1.82, 2.24) is 4.90 Å². The molecule has 0 spiro atoms. The summed E-state index contributed by atoms with van der Waals surface area (Å²) in [5.41, 5.74) is 0.354. The first-order chi connectivity index (χ1) is 9.00. The Morgan fingerprint density at radius 2 is 2.05 bits per heavy atom. The van der Waals surface area contributed by atoms with Gasteiger partial charge in [0.05, 0.1) is 10.0 Å². The van der Waals surface area contributed by atoms with E-state index >= 15 is 0 Å². The third-order valence-corrected chi connectivity index (χ3v) is 4.60. The Morgan fingerprint density at radius 1 is 1.32 bits per heavy atom. The number of amides is 1. The standard InChI is InChI=1S/C12H11Cl2NO3S/c13-8-2-1-7(5-9(8)14)11(16)15-3-4-19-6-10(15)12(17)18/h1-2,5,10H,3-4,6H2,(H,17,18). The van der Waals surface area contributed by atoms with Crippen LogP contribution in [-0.4, -0.2) is 46.0 Å². The molecule has 0 bridgehead atoms. The minimum Gasteiger partial charge on any atom is -0.480 e. The molecular formula is C12H11Cl2NO3S. The Hall–Kier alpha value is -0.910. The van der Waals surface area contributed by atoms with Gasteiger partial charge in [-0.05, 0) is 18.2 Å². The summed E-state index contributed by atoms with van der Waals surface area (Å²) in [6.45, 7) is 0.417. The van der Waals surface area contributed by atoms with Crippen LogP contribution < -0.4 is 0 Å². The predicted octanol–water partition coefficient (Wildman–Crippen LogP) is 2.64. The van der Waals surface area contributed by atoms with Crippen LogP contribution in [0.5, 0.6) is 0 Å². The van der Waals surface area contributed by atoms with E-state index in [2.05, 4.69) is 0 Å². The highest BCUT2D eigenvalue weighted by molar-refractivity contribution is 7.99. The average molecular weight is 320 g/mol. The maximum absolute atomic E-state index is 12.3. The van der Waals surface area contributed by atoms with Crippen molar-refractivity contribution < 1.29 is 14.7 Å². The van der Waals surface area contributed by atoms with Crippen molar-refractivity contribution in [1.29, 1.82) is 0 Å². The summed E-state index contributed by atoms with van der Waals surface area (Å²) in [6, 6.07) is 3.76. The Morgan fingerprint density at radius 3 is 2.68 bits per heavy atom. The first-order valence-corrected chi connectivity index (χ1v) is 7.48.